The van der Waals surface area contributed by atoms with Crippen molar-refractivity contribution in [3.63, 3.8) is 0 Å². The fourth-order valence-corrected chi connectivity index (χ4v) is 3.95. The number of carbonyl (C=O) groups is 2. The maximum atomic E-state index is 13.5. The zero-order chi connectivity index (χ0) is 23.9. The predicted octanol–water partition coefficient (Wildman–Crippen LogP) is 4.15. The summed E-state index contributed by atoms with van der Waals surface area (Å²) < 4.78 is 14.8. The molecular weight excluding hydrogens is 452 g/mol. The van der Waals surface area contributed by atoms with Gasteiger partial charge in [-0.2, -0.15) is 0 Å². The number of hydrogen-bond donors (Lipinski definition) is 1. The van der Waals surface area contributed by atoms with E-state index in [1.54, 1.807) is 31.5 Å². The molecule has 0 aliphatic carbocycles. The van der Waals surface area contributed by atoms with Gasteiger partial charge in [-0.3, -0.25) is 9.59 Å². The van der Waals surface area contributed by atoms with Gasteiger partial charge in [-0.1, -0.05) is 47.0 Å². The summed E-state index contributed by atoms with van der Waals surface area (Å²) in [6.45, 7) is 2.27. The van der Waals surface area contributed by atoms with Gasteiger partial charge in [0, 0.05) is 18.5 Å². The van der Waals surface area contributed by atoms with Crippen molar-refractivity contribution in [3.8, 4) is 5.75 Å². The minimum atomic E-state index is -0.999. The molecule has 0 aliphatic rings. The lowest BCUT2D eigenvalue weighted by molar-refractivity contribution is -0.126. The minimum Gasteiger partial charge on any atom is -0.497 e. The van der Waals surface area contributed by atoms with Crippen molar-refractivity contribution in [3.05, 3.63) is 100 Å². The number of rotatable bonds is 9. The van der Waals surface area contributed by atoms with E-state index >= 15 is 0 Å². The van der Waals surface area contributed by atoms with Crippen molar-refractivity contribution in [2.24, 2.45) is 0 Å². The average molecular weight is 477 g/mol. The van der Waals surface area contributed by atoms with E-state index in [9.17, 15) is 9.59 Å². The zero-order valence-corrected chi connectivity index (χ0v) is 19.6. The quantitative estimate of drug-likeness (QED) is 0.390. The van der Waals surface area contributed by atoms with Crippen LogP contribution < -0.4 is 10.1 Å². The molecule has 4 rings (SSSR count). The average Bonchev–Trinajstić information content (AvgIpc) is 3.55. The Morgan fingerprint density at radius 2 is 1.82 bits per heavy atom. The van der Waals surface area contributed by atoms with Crippen molar-refractivity contribution in [1.29, 1.82) is 0 Å². The molecule has 0 aliphatic heterocycles. The number of ether oxygens (including phenoxy) is 1. The molecular formula is C25H24N4O4S. The molecule has 1 N–H and O–H groups in total. The number of furan rings is 1. The third-order valence-corrected chi connectivity index (χ3v) is 5.76. The highest BCUT2D eigenvalue weighted by Crippen LogP contribution is 2.27. The first-order valence-corrected chi connectivity index (χ1v) is 11.5. The van der Waals surface area contributed by atoms with Crippen LogP contribution in [0.25, 0.3) is 0 Å². The third-order valence-electron chi connectivity index (χ3n) is 5.25. The minimum absolute atomic E-state index is 0.178. The molecule has 174 valence electrons. The number of nitrogens with zero attached hydrogens (tertiary/aromatic N) is 3. The zero-order valence-electron chi connectivity index (χ0n) is 18.8. The fraction of sp³-hybridized carbons (Fsp3) is 0.200. The van der Waals surface area contributed by atoms with Crippen molar-refractivity contribution in [2.75, 3.05) is 7.11 Å². The van der Waals surface area contributed by atoms with Gasteiger partial charge in [0.15, 0.2) is 11.7 Å². The monoisotopic (exact) mass is 476 g/mol. The Morgan fingerprint density at radius 1 is 1.06 bits per heavy atom. The Morgan fingerprint density at radius 3 is 2.44 bits per heavy atom. The summed E-state index contributed by atoms with van der Waals surface area (Å²) in [5, 5.41) is 8.45. The number of amides is 2. The molecule has 0 saturated carbocycles. The van der Waals surface area contributed by atoms with Crippen LogP contribution in [0.3, 0.4) is 0 Å². The molecule has 0 radical (unpaired) electrons. The van der Waals surface area contributed by atoms with Crippen molar-refractivity contribution in [2.45, 2.75) is 26.1 Å². The molecule has 0 bridgehead atoms. The van der Waals surface area contributed by atoms with Crippen LogP contribution in [0.1, 0.15) is 39.2 Å². The molecule has 8 nitrogen and oxygen atoms in total. The molecule has 2 amide bonds. The van der Waals surface area contributed by atoms with Crippen LogP contribution in [0.4, 0.5) is 0 Å². The Labute approximate surface area is 201 Å². The van der Waals surface area contributed by atoms with Crippen LogP contribution in [0.5, 0.6) is 5.75 Å². The standard InChI is InChI=1S/C25H24N4O4S/c1-17-8-13-22(33-17)23(24(30)26-14-18-9-11-20(32-2)12-10-18)29(15-19-6-4-3-5-7-19)25(31)21-16-34-28-27-21/h3-13,16,23H,14-15H2,1-2H3,(H,26,30). The number of aryl methyl sites for hydroxylation is 1. The number of methoxy groups -OCH3 is 1. The van der Waals surface area contributed by atoms with Crippen LogP contribution in [0.15, 0.2) is 76.5 Å². The SMILES string of the molecule is COc1ccc(CNC(=O)C(c2ccc(C)o2)N(Cc2ccccc2)C(=O)c2csnn2)cc1. The second-order valence-corrected chi connectivity index (χ2v) is 8.24. The van der Waals surface area contributed by atoms with Crippen LogP contribution in [0, 0.1) is 6.92 Å². The van der Waals surface area contributed by atoms with E-state index in [0.29, 0.717) is 11.5 Å². The summed E-state index contributed by atoms with van der Waals surface area (Å²) >= 11 is 1.08. The molecule has 2 aromatic carbocycles. The maximum absolute atomic E-state index is 13.5. The first-order valence-electron chi connectivity index (χ1n) is 10.6. The van der Waals surface area contributed by atoms with E-state index in [1.165, 1.54) is 4.90 Å². The first kappa shape index (κ1) is 23.2. The lowest BCUT2D eigenvalue weighted by Gasteiger charge is -2.29. The lowest BCUT2D eigenvalue weighted by atomic mass is 10.1. The van der Waals surface area contributed by atoms with Gasteiger partial charge in [0.05, 0.1) is 7.11 Å². The van der Waals surface area contributed by atoms with Gasteiger partial charge in [0.2, 0.25) is 0 Å². The van der Waals surface area contributed by atoms with Gasteiger partial charge in [-0.25, -0.2) is 0 Å². The summed E-state index contributed by atoms with van der Waals surface area (Å²) in [5.41, 5.74) is 1.94. The number of nitrogens with one attached hydrogen (secondary N) is 1. The Balaban J connectivity index is 1.65. The van der Waals surface area contributed by atoms with Crippen LogP contribution in [-0.2, 0) is 17.9 Å². The summed E-state index contributed by atoms with van der Waals surface area (Å²) in [6, 6.07) is 19.4. The summed E-state index contributed by atoms with van der Waals surface area (Å²) in [5.74, 6) is 0.979. The third kappa shape index (κ3) is 5.49. The van der Waals surface area contributed by atoms with Gasteiger partial charge in [-0.15, -0.1) is 5.10 Å². The summed E-state index contributed by atoms with van der Waals surface area (Å²) in [7, 11) is 1.60. The van der Waals surface area contributed by atoms with Crippen LogP contribution in [0.2, 0.25) is 0 Å². The molecule has 0 saturated heterocycles. The predicted molar refractivity (Wildman–Crippen MR) is 127 cm³/mol. The number of hydrogen-bond acceptors (Lipinski definition) is 7. The second-order valence-electron chi connectivity index (χ2n) is 7.63. The van der Waals surface area contributed by atoms with Gasteiger partial charge < -0.3 is 19.4 Å². The molecule has 1 atom stereocenters. The maximum Gasteiger partial charge on any atom is 0.276 e. The van der Waals surface area contributed by atoms with Crippen molar-refractivity contribution < 1.29 is 18.7 Å². The summed E-state index contributed by atoms with van der Waals surface area (Å²) in [6.07, 6.45) is 0. The smallest absolute Gasteiger partial charge is 0.276 e. The van der Waals surface area contributed by atoms with E-state index < -0.39 is 11.9 Å². The number of carbonyl (C=O) groups excluding carboxylic acids is 2. The number of aromatic nitrogens is 2. The van der Waals surface area contributed by atoms with E-state index in [-0.39, 0.29) is 24.7 Å². The fourth-order valence-electron chi connectivity index (χ4n) is 3.52. The Hall–Kier alpha value is -3.98. The van der Waals surface area contributed by atoms with Crippen LogP contribution >= 0.6 is 11.5 Å². The topological polar surface area (TPSA) is 97.6 Å². The van der Waals surface area contributed by atoms with Crippen molar-refractivity contribution in [1.82, 2.24) is 19.8 Å². The molecule has 4 aromatic rings. The molecule has 9 heteroatoms. The Bertz CT molecular complexity index is 1220. The highest BCUT2D eigenvalue weighted by atomic mass is 32.1. The van der Waals surface area contributed by atoms with Gasteiger partial charge in [0.25, 0.3) is 11.8 Å². The van der Waals surface area contributed by atoms with Crippen molar-refractivity contribution >= 4 is 23.3 Å². The highest BCUT2D eigenvalue weighted by molar-refractivity contribution is 7.03. The molecule has 2 aromatic heterocycles. The van der Waals surface area contributed by atoms with Gasteiger partial charge in [-0.05, 0) is 53.8 Å². The van der Waals surface area contributed by atoms with E-state index in [2.05, 4.69) is 14.9 Å². The van der Waals surface area contributed by atoms with E-state index in [1.807, 2.05) is 54.6 Å². The van der Waals surface area contributed by atoms with Gasteiger partial charge in [0.1, 0.15) is 17.3 Å². The van der Waals surface area contributed by atoms with Gasteiger partial charge >= 0.3 is 0 Å². The van der Waals surface area contributed by atoms with E-state index in [0.717, 1.165) is 28.4 Å². The molecule has 0 spiro atoms. The molecule has 0 fully saturated rings. The highest BCUT2D eigenvalue weighted by Gasteiger charge is 2.35. The molecule has 34 heavy (non-hydrogen) atoms. The van der Waals surface area contributed by atoms with Crippen LogP contribution in [-0.4, -0.2) is 33.4 Å². The first-order chi connectivity index (χ1) is 16.5. The largest absolute Gasteiger partial charge is 0.497 e. The van der Waals surface area contributed by atoms with E-state index in [4.69, 9.17) is 9.15 Å². The Kier molecular flexibility index (Phi) is 7.34. The lowest BCUT2D eigenvalue weighted by Crippen LogP contribution is -2.43. The molecule has 2 heterocycles. The second kappa shape index (κ2) is 10.8. The normalized spacial score (nSPS) is 11.6. The summed E-state index contributed by atoms with van der Waals surface area (Å²) in [4.78, 5) is 28.5. The number of benzene rings is 2. The molecule has 1 unspecified atom stereocenters.